The third kappa shape index (κ3) is 9.88. The Labute approximate surface area is 304 Å². The van der Waals surface area contributed by atoms with Gasteiger partial charge in [0.2, 0.25) is 0 Å². The lowest BCUT2D eigenvalue weighted by Gasteiger charge is -2.28. The van der Waals surface area contributed by atoms with Crippen molar-refractivity contribution in [3.8, 4) is 22.6 Å². The molecule has 7 nitrogen and oxygen atoms in total. The molecular formula is C44H56O7. The Morgan fingerprint density at radius 2 is 1.27 bits per heavy atom. The minimum atomic E-state index is -0.503. The molecule has 274 valence electrons. The van der Waals surface area contributed by atoms with Crippen molar-refractivity contribution >= 4 is 17.9 Å². The number of carbonyl (C=O) groups excluding carboxylic acids is 3. The maximum atomic E-state index is 12.7. The molecule has 0 spiro atoms. The van der Waals surface area contributed by atoms with E-state index in [1.54, 1.807) is 48.5 Å². The van der Waals surface area contributed by atoms with Gasteiger partial charge in [0.15, 0.2) is 0 Å². The summed E-state index contributed by atoms with van der Waals surface area (Å²) >= 11 is 0. The maximum Gasteiger partial charge on any atom is 0.343 e. The number of carbonyl (C=O) groups is 3. The summed E-state index contributed by atoms with van der Waals surface area (Å²) in [5, 5.41) is 0. The van der Waals surface area contributed by atoms with Crippen LogP contribution in [0.5, 0.6) is 11.5 Å². The zero-order valence-electron chi connectivity index (χ0n) is 31.2. The Bertz CT molecular complexity index is 1590. The van der Waals surface area contributed by atoms with Gasteiger partial charge in [0.25, 0.3) is 0 Å². The molecule has 3 aromatic carbocycles. The first-order valence-electron chi connectivity index (χ1n) is 19.1. The summed E-state index contributed by atoms with van der Waals surface area (Å²) in [6.45, 7) is 12.5. The third-order valence-corrected chi connectivity index (χ3v) is 11.2. The molecule has 3 aromatic rings. The molecule has 0 saturated heterocycles. The van der Waals surface area contributed by atoms with Gasteiger partial charge >= 0.3 is 17.9 Å². The topological polar surface area (TPSA) is 88.1 Å². The molecule has 0 radical (unpaired) electrons. The lowest BCUT2D eigenvalue weighted by molar-refractivity contribution is -0.134. The zero-order valence-corrected chi connectivity index (χ0v) is 31.2. The van der Waals surface area contributed by atoms with E-state index < -0.39 is 5.97 Å². The van der Waals surface area contributed by atoms with Gasteiger partial charge in [-0.1, -0.05) is 97.4 Å². The summed E-state index contributed by atoms with van der Waals surface area (Å²) in [5.41, 5.74) is 3.18. The first kappa shape index (κ1) is 38.3. The standard InChI is InChI=1S/C44H56O7/c1-6-31(2)30-48-41(46)35-17-15-33(16-18-35)34-19-23-38(24-20-34)51-42(47)36-21-25-37(26-22-36)50-40(45)13-11-9-7-8-10-12-28-49-44-29-32(3)14-27-39(44)43(44,4)5/h15-26,31-32,39H,6-14,27-30H2,1-5H3. The fourth-order valence-corrected chi connectivity index (χ4v) is 7.61. The van der Waals surface area contributed by atoms with E-state index in [0.29, 0.717) is 47.0 Å². The summed E-state index contributed by atoms with van der Waals surface area (Å²) in [4.78, 5) is 37.4. The van der Waals surface area contributed by atoms with Crippen molar-refractivity contribution in [3.05, 3.63) is 83.9 Å². The molecule has 0 heterocycles. The Kier molecular flexibility index (Phi) is 13.1. The van der Waals surface area contributed by atoms with Crippen LogP contribution >= 0.6 is 0 Å². The molecule has 4 atom stereocenters. The van der Waals surface area contributed by atoms with Crippen LogP contribution in [0.1, 0.15) is 126 Å². The van der Waals surface area contributed by atoms with Crippen LogP contribution in [0.15, 0.2) is 72.8 Å². The Balaban J connectivity index is 0.949. The molecule has 7 heteroatoms. The highest BCUT2D eigenvalue weighted by Gasteiger charge is 2.72. The van der Waals surface area contributed by atoms with E-state index in [2.05, 4.69) is 27.7 Å². The molecule has 0 N–H and O–H groups in total. The van der Waals surface area contributed by atoms with E-state index in [0.717, 1.165) is 74.5 Å². The summed E-state index contributed by atoms with van der Waals surface area (Å²) < 4.78 is 23.0. The second-order valence-electron chi connectivity index (χ2n) is 15.4. The van der Waals surface area contributed by atoms with Gasteiger partial charge in [0.05, 0.1) is 23.3 Å². The summed E-state index contributed by atoms with van der Waals surface area (Å²) in [6, 6.07) is 20.8. The first-order chi connectivity index (χ1) is 24.5. The van der Waals surface area contributed by atoms with Gasteiger partial charge in [-0.05, 0) is 109 Å². The quantitative estimate of drug-likeness (QED) is 0.0743. The highest BCUT2D eigenvalue weighted by atomic mass is 16.5. The van der Waals surface area contributed by atoms with Crippen LogP contribution in [0.2, 0.25) is 0 Å². The third-order valence-electron chi connectivity index (χ3n) is 11.2. The molecule has 51 heavy (non-hydrogen) atoms. The monoisotopic (exact) mass is 696 g/mol. The highest BCUT2D eigenvalue weighted by Crippen LogP contribution is 2.70. The molecule has 0 bridgehead atoms. The van der Waals surface area contributed by atoms with Crippen LogP contribution in [0.25, 0.3) is 11.1 Å². The van der Waals surface area contributed by atoms with Crippen molar-refractivity contribution in [3.63, 3.8) is 0 Å². The maximum absolute atomic E-state index is 12.7. The fraction of sp³-hybridized carbons (Fsp3) is 0.523. The van der Waals surface area contributed by atoms with Crippen molar-refractivity contribution in [2.75, 3.05) is 13.2 Å². The fourth-order valence-electron chi connectivity index (χ4n) is 7.61. The summed E-state index contributed by atoms with van der Waals surface area (Å²) in [6.07, 6.45) is 11.5. The van der Waals surface area contributed by atoms with E-state index >= 15 is 0 Å². The molecule has 5 rings (SSSR count). The molecule has 0 aromatic heterocycles. The number of hydrogen-bond donors (Lipinski definition) is 0. The van der Waals surface area contributed by atoms with Gasteiger partial charge in [0, 0.05) is 13.0 Å². The molecule has 4 unspecified atom stereocenters. The van der Waals surface area contributed by atoms with Gasteiger partial charge in [-0.2, -0.15) is 0 Å². The van der Waals surface area contributed by atoms with Gasteiger partial charge < -0.3 is 18.9 Å². The Morgan fingerprint density at radius 3 is 1.94 bits per heavy atom. The molecule has 0 aliphatic heterocycles. The van der Waals surface area contributed by atoms with Crippen molar-refractivity contribution < 1.29 is 33.3 Å². The largest absolute Gasteiger partial charge is 0.462 e. The molecule has 0 amide bonds. The van der Waals surface area contributed by atoms with Crippen LogP contribution < -0.4 is 9.47 Å². The number of fused-ring (bicyclic) bond motifs is 1. The number of hydrogen-bond acceptors (Lipinski definition) is 7. The van der Waals surface area contributed by atoms with Crippen LogP contribution in [-0.2, 0) is 14.3 Å². The summed E-state index contributed by atoms with van der Waals surface area (Å²) in [7, 11) is 0. The average Bonchev–Trinajstić information content (AvgIpc) is 3.62. The number of benzene rings is 3. The second kappa shape index (κ2) is 17.5. The van der Waals surface area contributed by atoms with Crippen LogP contribution in [0, 0.1) is 23.2 Å². The number of rotatable bonds is 18. The molecule has 2 fully saturated rings. The Morgan fingerprint density at radius 1 is 0.725 bits per heavy atom. The first-order valence-corrected chi connectivity index (χ1v) is 19.1. The second-order valence-corrected chi connectivity index (χ2v) is 15.4. The molecule has 2 aliphatic rings. The van der Waals surface area contributed by atoms with Crippen molar-refractivity contribution in [1.29, 1.82) is 0 Å². The van der Waals surface area contributed by atoms with Crippen molar-refractivity contribution in [2.45, 2.75) is 111 Å². The zero-order chi connectivity index (χ0) is 36.4. The van der Waals surface area contributed by atoms with E-state index in [4.69, 9.17) is 18.9 Å². The smallest absolute Gasteiger partial charge is 0.343 e. The number of ether oxygens (including phenoxy) is 4. The highest BCUT2D eigenvalue weighted by molar-refractivity contribution is 5.91. The number of esters is 3. The van der Waals surface area contributed by atoms with Gasteiger partial charge in [-0.3, -0.25) is 4.79 Å². The predicted octanol–water partition coefficient (Wildman–Crippen LogP) is 10.6. The molecule has 2 aliphatic carbocycles. The molecule has 2 saturated carbocycles. The lowest BCUT2D eigenvalue weighted by Crippen LogP contribution is -2.28. The van der Waals surface area contributed by atoms with Crippen molar-refractivity contribution in [1.82, 2.24) is 0 Å². The van der Waals surface area contributed by atoms with E-state index in [1.807, 2.05) is 31.2 Å². The average molecular weight is 697 g/mol. The van der Waals surface area contributed by atoms with E-state index in [1.165, 1.54) is 19.3 Å². The Hall–Kier alpha value is -3.97. The van der Waals surface area contributed by atoms with Crippen LogP contribution in [0.3, 0.4) is 0 Å². The SMILES string of the molecule is CCC(C)COC(=O)c1ccc(-c2ccc(OC(=O)c3ccc(OC(=O)CCCCCCCCOC45CC(C)CCC4C5(C)C)cc3)cc2)cc1. The van der Waals surface area contributed by atoms with Gasteiger partial charge in [-0.25, -0.2) is 9.59 Å². The minimum Gasteiger partial charge on any atom is -0.462 e. The van der Waals surface area contributed by atoms with Crippen LogP contribution in [0.4, 0.5) is 0 Å². The predicted molar refractivity (Wildman–Crippen MR) is 200 cm³/mol. The van der Waals surface area contributed by atoms with Crippen molar-refractivity contribution in [2.24, 2.45) is 23.2 Å². The lowest BCUT2D eigenvalue weighted by atomic mass is 9.88. The van der Waals surface area contributed by atoms with Crippen LogP contribution in [-0.4, -0.2) is 36.7 Å². The van der Waals surface area contributed by atoms with E-state index in [-0.39, 0.29) is 17.5 Å². The van der Waals surface area contributed by atoms with E-state index in [9.17, 15) is 14.4 Å². The summed E-state index contributed by atoms with van der Waals surface area (Å²) in [5.74, 6) is 1.56. The minimum absolute atomic E-state index is 0.131. The molecular weight excluding hydrogens is 640 g/mol. The van der Waals surface area contributed by atoms with Gasteiger partial charge in [-0.15, -0.1) is 0 Å². The van der Waals surface area contributed by atoms with Gasteiger partial charge in [0.1, 0.15) is 11.5 Å². The number of unbranched alkanes of at least 4 members (excludes halogenated alkanes) is 5. The normalized spacial score (nSPS) is 20.9.